The molecule has 0 aliphatic rings. The lowest BCUT2D eigenvalue weighted by Gasteiger charge is -2.08. The van der Waals surface area contributed by atoms with Crippen molar-refractivity contribution in [2.24, 2.45) is 0 Å². The fourth-order valence-corrected chi connectivity index (χ4v) is 6.38. The average molecular weight is 549 g/mol. The van der Waals surface area contributed by atoms with Gasteiger partial charge in [-0.2, -0.15) is 0 Å². The van der Waals surface area contributed by atoms with Gasteiger partial charge in [-0.1, -0.05) is 103 Å². The second-order valence-electron chi connectivity index (χ2n) is 11.0. The smallest absolute Gasteiger partial charge is 0.143 e. The number of furan rings is 1. The first kappa shape index (κ1) is 23.9. The van der Waals surface area contributed by atoms with Gasteiger partial charge in [0.25, 0.3) is 0 Å². The zero-order valence-electron chi connectivity index (χ0n) is 23.2. The lowest BCUT2D eigenvalue weighted by atomic mass is 9.95. The Morgan fingerprint density at radius 2 is 1.19 bits per heavy atom. The summed E-state index contributed by atoms with van der Waals surface area (Å²) in [5.41, 5.74) is 10.3. The summed E-state index contributed by atoms with van der Waals surface area (Å²) in [5.74, 6) is 0. The number of hydrogen-bond donors (Lipinski definition) is 0. The molecule has 43 heavy (non-hydrogen) atoms. The molecular weight excluding hydrogens is 524 g/mol. The Morgan fingerprint density at radius 3 is 2.09 bits per heavy atom. The zero-order valence-corrected chi connectivity index (χ0v) is 23.2. The first-order valence-electron chi connectivity index (χ1n) is 14.5. The van der Waals surface area contributed by atoms with Gasteiger partial charge in [0.05, 0.1) is 16.7 Å². The second kappa shape index (κ2) is 9.37. The Balaban J connectivity index is 1.18. The molecule has 0 bridgehead atoms. The van der Waals surface area contributed by atoms with Gasteiger partial charge in [-0.15, -0.1) is 0 Å². The summed E-state index contributed by atoms with van der Waals surface area (Å²) in [6, 6.07) is 49.0. The largest absolute Gasteiger partial charge is 0.455 e. The predicted molar refractivity (Wildman–Crippen MR) is 178 cm³/mol. The van der Waals surface area contributed by atoms with E-state index in [1.165, 1.54) is 16.5 Å². The van der Waals surface area contributed by atoms with Crippen LogP contribution in [0.5, 0.6) is 0 Å². The van der Waals surface area contributed by atoms with Gasteiger partial charge < -0.3 is 4.42 Å². The first-order valence-corrected chi connectivity index (χ1v) is 14.5. The minimum absolute atomic E-state index is 0.884. The maximum Gasteiger partial charge on any atom is 0.143 e. The monoisotopic (exact) mass is 548 g/mol. The molecule has 9 rings (SSSR count). The van der Waals surface area contributed by atoms with E-state index in [9.17, 15) is 0 Å². The molecule has 0 saturated carbocycles. The number of rotatable bonds is 3. The third kappa shape index (κ3) is 3.83. The molecule has 0 amide bonds. The Morgan fingerprint density at radius 1 is 0.442 bits per heavy atom. The van der Waals surface area contributed by atoms with Crippen molar-refractivity contribution in [1.29, 1.82) is 0 Å². The topological polar surface area (TPSA) is 38.9 Å². The summed E-state index contributed by atoms with van der Waals surface area (Å²) in [6.07, 6.45) is 1.83. The third-order valence-corrected chi connectivity index (χ3v) is 8.49. The highest BCUT2D eigenvalue weighted by Crippen LogP contribution is 2.41. The van der Waals surface area contributed by atoms with Crippen molar-refractivity contribution >= 4 is 54.5 Å². The van der Waals surface area contributed by atoms with Gasteiger partial charge in [0.15, 0.2) is 0 Å². The SMILES string of the molecule is c1ccc(-c2cc3c4ccc(-c5cccc(-c6ccc7ccc8cccnc8c7n6)c5)cc4oc3c3ccccc23)cc1. The molecule has 0 fully saturated rings. The summed E-state index contributed by atoms with van der Waals surface area (Å²) >= 11 is 0. The van der Waals surface area contributed by atoms with E-state index in [2.05, 4.69) is 138 Å². The van der Waals surface area contributed by atoms with E-state index < -0.39 is 0 Å². The molecular formula is C40H24N2O. The van der Waals surface area contributed by atoms with E-state index in [1.807, 2.05) is 12.3 Å². The summed E-state index contributed by atoms with van der Waals surface area (Å²) in [7, 11) is 0. The fourth-order valence-electron chi connectivity index (χ4n) is 6.38. The van der Waals surface area contributed by atoms with E-state index in [1.54, 1.807) is 0 Å². The standard InChI is InChI=1S/C40H24N2O/c1-2-8-25(9-3-1)34-24-35-32-19-17-29(23-37(32)43-40(35)33-14-5-4-13-31(33)34)28-10-6-11-30(22-28)36-20-18-27-16-15-26-12-7-21-41-38(26)39(27)42-36/h1-24H. The number of pyridine rings is 2. The van der Waals surface area contributed by atoms with Gasteiger partial charge in [0.2, 0.25) is 0 Å². The van der Waals surface area contributed by atoms with Crippen LogP contribution in [0.15, 0.2) is 150 Å². The van der Waals surface area contributed by atoms with Crippen LogP contribution < -0.4 is 0 Å². The van der Waals surface area contributed by atoms with Crippen molar-refractivity contribution in [3.8, 4) is 33.5 Å². The number of benzene rings is 6. The summed E-state index contributed by atoms with van der Waals surface area (Å²) in [4.78, 5) is 9.69. The minimum atomic E-state index is 0.884. The first-order chi connectivity index (χ1) is 21.3. The van der Waals surface area contributed by atoms with E-state index in [0.717, 1.165) is 71.5 Å². The van der Waals surface area contributed by atoms with Gasteiger partial charge >= 0.3 is 0 Å². The number of aromatic nitrogens is 2. The molecule has 0 aliphatic heterocycles. The molecule has 3 nitrogen and oxygen atoms in total. The van der Waals surface area contributed by atoms with Crippen LogP contribution >= 0.6 is 0 Å². The normalized spacial score (nSPS) is 11.7. The Kier molecular flexibility index (Phi) is 5.20. The van der Waals surface area contributed by atoms with Gasteiger partial charge in [0.1, 0.15) is 11.2 Å². The average Bonchev–Trinajstić information content (AvgIpc) is 3.46. The van der Waals surface area contributed by atoms with Crippen molar-refractivity contribution in [3.63, 3.8) is 0 Å². The van der Waals surface area contributed by atoms with E-state index in [4.69, 9.17) is 9.40 Å². The van der Waals surface area contributed by atoms with Gasteiger partial charge in [-0.05, 0) is 64.0 Å². The van der Waals surface area contributed by atoms with Crippen LogP contribution in [0.3, 0.4) is 0 Å². The van der Waals surface area contributed by atoms with E-state index in [0.29, 0.717) is 0 Å². The molecule has 0 saturated heterocycles. The molecule has 0 spiro atoms. The molecule has 0 aliphatic carbocycles. The zero-order chi connectivity index (χ0) is 28.3. The van der Waals surface area contributed by atoms with Crippen LogP contribution in [0.2, 0.25) is 0 Å². The number of nitrogens with zero attached hydrogens (tertiary/aromatic N) is 2. The predicted octanol–water partition coefficient (Wildman–Crippen LogP) is 10.8. The highest BCUT2D eigenvalue weighted by atomic mass is 16.3. The highest BCUT2D eigenvalue weighted by Gasteiger charge is 2.16. The van der Waals surface area contributed by atoms with Crippen LogP contribution in [-0.4, -0.2) is 9.97 Å². The summed E-state index contributed by atoms with van der Waals surface area (Å²) < 4.78 is 6.60. The maximum absolute atomic E-state index is 6.60. The molecule has 0 N–H and O–H groups in total. The maximum atomic E-state index is 6.60. The minimum Gasteiger partial charge on any atom is -0.455 e. The fraction of sp³-hybridized carbons (Fsp3) is 0. The molecule has 0 atom stereocenters. The van der Waals surface area contributed by atoms with Crippen LogP contribution in [0.4, 0.5) is 0 Å². The van der Waals surface area contributed by atoms with Crippen LogP contribution in [0.25, 0.3) is 88.0 Å². The van der Waals surface area contributed by atoms with E-state index >= 15 is 0 Å². The molecule has 0 unspecified atom stereocenters. The lowest BCUT2D eigenvalue weighted by Crippen LogP contribution is -1.89. The molecule has 9 aromatic rings. The lowest BCUT2D eigenvalue weighted by molar-refractivity contribution is 0.673. The summed E-state index contributed by atoms with van der Waals surface area (Å²) in [6.45, 7) is 0. The van der Waals surface area contributed by atoms with Gasteiger partial charge in [0, 0.05) is 38.7 Å². The highest BCUT2D eigenvalue weighted by molar-refractivity contribution is 6.19. The van der Waals surface area contributed by atoms with Crippen molar-refractivity contribution in [1.82, 2.24) is 9.97 Å². The Hall–Kier alpha value is -5.80. The van der Waals surface area contributed by atoms with Crippen molar-refractivity contribution in [2.45, 2.75) is 0 Å². The van der Waals surface area contributed by atoms with Crippen molar-refractivity contribution < 1.29 is 4.42 Å². The Labute approximate surface area is 247 Å². The van der Waals surface area contributed by atoms with Crippen LogP contribution in [-0.2, 0) is 0 Å². The van der Waals surface area contributed by atoms with Crippen molar-refractivity contribution in [3.05, 3.63) is 146 Å². The molecule has 200 valence electrons. The quantitative estimate of drug-likeness (QED) is 0.206. The molecule has 3 aromatic heterocycles. The van der Waals surface area contributed by atoms with Gasteiger partial charge in [-0.3, -0.25) is 4.98 Å². The van der Waals surface area contributed by atoms with Crippen LogP contribution in [0.1, 0.15) is 0 Å². The van der Waals surface area contributed by atoms with Gasteiger partial charge in [-0.25, -0.2) is 4.98 Å². The number of fused-ring (bicyclic) bond motifs is 8. The van der Waals surface area contributed by atoms with Crippen molar-refractivity contribution in [2.75, 3.05) is 0 Å². The Bertz CT molecular complexity index is 2510. The summed E-state index contributed by atoms with van der Waals surface area (Å²) in [5, 5.41) is 6.75. The third-order valence-electron chi connectivity index (χ3n) is 8.49. The molecule has 3 heterocycles. The molecule has 0 radical (unpaired) electrons. The van der Waals surface area contributed by atoms with E-state index in [-0.39, 0.29) is 0 Å². The van der Waals surface area contributed by atoms with Crippen LogP contribution in [0, 0.1) is 0 Å². The number of hydrogen-bond acceptors (Lipinski definition) is 3. The second-order valence-corrected chi connectivity index (χ2v) is 11.0. The molecule has 6 aromatic carbocycles. The molecule has 3 heteroatoms.